The first-order valence-corrected chi connectivity index (χ1v) is 5.85. The average molecular weight is 239 g/mol. The van der Waals surface area contributed by atoms with Gasteiger partial charge in [0.05, 0.1) is 6.61 Å². The van der Waals surface area contributed by atoms with Crippen LogP contribution in [-0.2, 0) is 22.4 Å². The molecule has 0 unspecified atom stereocenters. The van der Waals surface area contributed by atoms with Gasteiger partial charge in [0, 0.05) is 58.3 Å². The third-order valence-electron chi connectivity index (χ3n) is 2.32. The lowest BCUT2D eigenvalue weighted by atomic mass is 10.3. The van der Waals surface area contributed by atoms with Gasteiger partial charge in [-0.3, -0.25) is 0 Å². The van der Waals surface area contributed by atoms with E-state index >= 15 is 0 Å². The van der Waals surface area contributed by atoms with Crippen molar-refractivity contribution in [1.29, 1.82) is 0 Å². The van der Waals surface area contributed by atoms with Crippen LogP contribution in [0.4, 0.5) is 0 Å². The van der Waals surface area contributed by atoms with Gasteiger partial charge < -0.3 is 14.8 Å². The molecule has 0 fully saturated rings. The van der Waals surface area contributed by atoms with Gasteiger partial charge in [-0.25, -0.2) is 9.97 Å². The summed E-state index contributed by atoms with van der Waals surface area (Å²) >= 11 is 0. The maximum atomic E-state index is 4.99. The van der Waals surface area contributed by atoms with Crippen LogP contribution in [0.15, 0.2) is 12.4 Å². The van der Waals surface area contributed by atoms with Crippen molar-refractivity contribution < 1.29 is 9.47 Å². The van der Waals surface area contributed by atoms with E-state index in [0.29, 0.717) is 0 Å². The zero-order valence-electron chi connectivity index (χ0n) is 10.6. The van der Waals surface area contributed by atoms with Crippen molar-refractivity contribution in [2.45, 2.75) is 19.4 Å². The highest BCUT2D eigenvalue weighted by atomic mass is 16.5. The molecular formula is C12H21N3O2. The van der Waals surface area contributed by atoms with Crippen molar-refractivity contribution in [2.24, 2.45) is 0 Å². The van der Waals surface area contributed by atoms with E-state index in [1.807, 2.05) is 12.4 Å². The van der Waals surface area contributed by atoms with E-state index in [1.54, 1.807) is 14.2 Å². The van der Waals surface area contributed by atoms with Gasteiger partial charge in [-0.2, -0.15) is 0 Å². The van der Waals surface area contributed by atoms with Crippen molar-refractivity contribution in [3.05, 3.63) is 23.8 Å². The fourth-order valence-corrected chi connectivity index (χ4v) is 1.38. The Kier molecular flexibility index (Phi) is 7.46. The van der Waals surface area contributed by atoms with E-state index in [1.165, 1.54) is 0 Å². The van der Waals surface area contributed by atoms with Gasteiger partial charge in [-0.1, -0.05) is 0 Å². The lowest BCUT2D eigenvalue weighted by Crippen LogP contribution is -2.18. The molecule has 1 aromatic rings. The normalized spacial score (nSPS) is 10.7. The summed E-state index contributed by atoms with van der Waals surface area (Å²) in [5, 5.41) is 3.25. The van der Waals surface area contributed by atoms with E-state index in [4.69, 9.17) is 9.47 Å². The predicted octanol–water partition coefficient (Wildman–Crippen LogP) is 0.792. The molecule has 5 heteroatoms. The van der Waals surface area contributed by atoms with Crippen LogP contribution in [0.5, 0.6) is 0 Å². The molecule has 0 saturated carbocycles. The molecule has 0 amide bonds. The van der Waals surface area contributed by atoms with Gasteiger partial charge in [0.1, 0.15) is 5.82 Å². The van der Waals surface area contributed by atoms with Crippen LogP contribution in [0.25, 0.3) is 0 Å². The molecule has 0 aromatic carbocycles. The number of hydrogen-bond donors (Lipinski definition) is 1. The van der Waals surface area contributed by atoms with Crippen molar-refractivity contribution >= 4 is 0 Å². The Bertz CT molecular complexity index is 290. The second-order valence-electron chi connectivity index (χ2n) is 3.77. The topological polar surface area (TPSA) is 56.3 Å². The second-order valence-corrected chi connectivity index (χ2v) is 3.77. The number of nitrogens with zero attached hydrogens (tertiary/aromatic N) is 2. The smallest absolute Gasteiger partial charge is 0.128 e. The summed E-state index contributed by atoms with van der Waals surface area (Å²) in [5.41, 5.74) is 1.09. The number of nitrogens with one attached hydrogen (secondary N) is 1. The monoisotopic (exact) mass is 239 g/mol. The van der Waals surface area contributed by atoms with Gasteiger partial charge in [-0.05, 0) is 6.42 Å². The first kappa shape index (κ1) is 14.0. The number of aryl methyl sites for hydroxylation is 1. The van der Waals surface area contributed by atoms with E-state index in [0.717, 1.165) is 50.5 Å². The zero-order chi connectivity index (χ0) is 12.3. The van der Waals surface area contributed by atoms with E-state index in [2.05, 4.69) is 15.3 Å². The van der Waals surface area contributed by atoms with Gasteiger partial charge in [-0.15, -0.1) is 0 Å². The number of hydrogen-bond acceptors (Lipinski definition) is 5. The van der Waals surface area contributed by atoms with Crippen molar-refractivity contribution in [2.75, 3.05) is 34.0 Å². The summed E-state index contributed by atoms with van der Waals surface area (Å²) in [7, 11) is 3.40. The summed E-state index contributed by atoms with van der Waals surface area (Å²) < 4.78 is 9.93. The van der Waals surface area contributed by atoms with Crippen molar-refractivity contribution in [1.82, 2.24) is 15.3 Å². The third-order valence-corrected chi connectivity index (χ3v) is 2.32. The Morgan fingerprint density at radius 2 is 1.82 bits per heavy atom. The maximum Gasteiger partial charge on any atom is 0.128 e. The molecule has 0 spiro atoms. The van der Waals surface area contributed by atoms with Gasteiger partial charge in [0.2, 0.25) is 0 Å². The third kappa shape index (κ3) is 6.31. The molecule has 1 rings (SSSR count). The van der Waals surface area contributed by atoms with Crippen LogP contribution in [0.3, 0.4) is 0 Å². The highest BCUT2D eigenvalue weighted by molar-refractivity contribution is 5.04. The molecule has 1 aromatic heterocycles. The van der Waals surface area contributed by atoms with Crippen molar-refractivity contribution in [3.8, 4) is 0 Å². The molecule has 0 atom stereocenters. The van der Waals surface area contributed by atoms with Gasteiger partial charge in [0.25, 0.3) is 0 Å². The number of aromatic nitrogens is 2. The predicted molar refractivity (Wildman–Crippen MR) is 65.8 cm³/mol. The maximum absolute atomic E-state index is 4.99. The Morgan fingerprint density at radius 3 is 2.47 bits per heavy atom. The molecule has 0 aliphatic heterocycles. The Balaban J connectivity index is 2.24. The zero-order valence-corrected chi connectivity index (χ0v) is 10.6. The molecule has 0 bridgehead atoms. The number of ether oxygens (including phenoxy) is 2. The minimum absolute atomic E-state index is 0.718. The molecule has 1 heterocycles. The first-order valence-electron chi connectivity index (χ1n) is 5.85. The Hall–Kier alpha value is -1.04. The second kappa shape index (κ2) is 9.04. The summed E-state index contributed by atoms with van der Waals surface area (Å²) in [6.45, 7) is 3.09. The first-order chi connectivity index (χ1) is 8.36. The van der Waals surface area contributed by atoms with Crippen LogP contribution in [0.2, 0.25) is 0 Å². The van der Waals surface area contributed by atoms with E-state index in [9.17, 15) is 0 Å². The molecule has 17 heavy (non-hydrogen) atoms. The van der Waals surface area contributed by atoms with E-state index in [-0.39, 0.29) is 0 Å². The molecule has 0 radical (unpaired) electrons. The summed E-state index contributed by atoms with van der Waals surface area (Å²) in [6, 6.07) is 0. The lowest BCUT2D eigenvalue weighted by Gasteiger charge is -2.04. The van der Waals surface area contributed by atoms with Crippen molar-refractivity contribution in [3.63, 3.8) is 0 Å². The minimum Gasteiger partial charge on any atom is -0.385 e. The van der Waals surface area contributed by atoms with Crippen LogP contribution in [-0.4, -0.2) is 43.9 Å². The standard InChI is InChI=1S/C12H21N3O2/c1-16-6-3-4-12-14-9-11(10-15-12)8-13-5-7-17-2/h9-10,13H,3-8H2,1-2H3. The van der Waals surface area contributed by atoms with Crippen LogP contribution < -0.4 is 5.32 Å². The number of rotatable bonds is 9. The molecule has 0 aliphatic rings. The lowest BCUT2D eigenvalue weighted by molar-refractivity contribution is 0.194. The molecule has 0 saturated heterocycles. The molecule has 96 valence electrons. The fraction of sp³-hybridized carbons (Fsp3) is 0.667. The minimum atomic E-state index is 0.718. The summed E-state index contributed by atoms with van der Waals surface area (Å²) in [6.07, 6.45) is 5.57. The van der Waals surface area contributed by atoms with Crippen LogP contribution >= 0.6 is 0 Å². The van der Waals surface area contributed by atoms with E-state index < -0.39 is 0 Å². The molecule has 1 N–H and O–H groups in total. The quantitative estimate of drug-likeness (QED) is 0.646. The Labute approximate surface area is 103 Å². The van der Waals surface area contributed by atoms with Crippen LogP contribution in [0.1, 0.15) is 17.8 Å². The highest BCUT2D eigenvalue weighted by Gasteiger charge is 1.98. The highest BCUT2D eigenvalue weighted by Crippen LogP contribution is 1.98. The molecule has 5 nitrogen and oxygen atoms in total. The number of methoxy groups -OCH3 is 2. The SMILES string of the molecule is COCCCc1ncc(CNCCOC)cn1. The van der Waals surface area contributed by atoms with Crippen LogP contribution in [0, 0.1) is 0 Å². The van der Waals surface area contributed by atoms with Gasteiger partial charge >= 0.3 is 0 Å². The average Bonchev–Trinajstić information content (AvgIpc) is 2.37. The fourth-order valence-electron chi connectivity index (χ4n) is 1.38. The summed E-state index contributed by atoms with van der Waals surface area (Å²) in [4.78, 5) is 8.62. The molecular weight excluding hydrogens is 218 g/mol. The molecule has 0 aliphatic carbocycles. The summed E-state index contributed by atoms with van der Waals surface area (Å²) in [5.74, 6) is 0.877. The Morgan fingerprint density at radius 1 is 1.12 bits per heavy atom. The van der Waals surface area contributed by atoms with Gasteiger partial charge in [0.15, 0.2) is 0 Å². The largest absolute Gasteiger partial charge is 0.385 e.